The van der Waals surface area contributed by atoms with Gasteiger partial charge in [0.2, 0.25) is 0 Å². The standard InChI is InChI=1S/C15H16ClFN2/c1-10-5-6-19-9-13(10)15(18-2)7-11-3-4-12(16)8-14(11)17/h3-6,8-9,15,18H,7H2,1-2H3. The molecule has 0 aliphatic rings. The van der Waals surface area contributed by atoms with Crippen LogP contribution < -0.4 is 5.32 Å². The second kappa shape index (κ2) is 6.13. The first-order valence-corrected chi connectivity index (χ1v) is 6.51. The van der Waals surface area contributed by atoms with Crippen molar-refractivity contribution in [3.8, 4) is 0 Å². The van der Waals surface area contributed by atoms with Crippen LogP contribution in [0.3, 0.4) is 0 Å². The summed E-state index contributed by atoms with van der Waals surface area (Å²) >= 11 is 5.76. The summed E-state index contributed by atoms with van der Waals surface area (Å²) < 4.78 is 13.8. The highest BCUT2D eigenvalue weighted by Gasteiger charge is 2.15. The fourth-order valence-corrected chi connectivity index (χ4v) is 2.27. The van der Waals surface area contributed by atoms with Crippen LogP contribution in [0.15, 0.2) is 36.7 Å². The first-order valence-electron chi connectivity index (χ1n) is 6.13. The van der Waals surface area contributed by atoms with Gasteiger partial charge in [-0.25, -0.2) is 4.39 Å². The van der Waals surface area contributed by atoms with Gasteiger partial charge in [-0.15, -0.1) is 0 Å². The number of benzene rings is 1. The molecule has 0 aliphatic heterocycles. The lowest BCUT2D eigenvalue weighted by Gasteiger charge is -2.18. The molecule has 2 rings (SSSR count). The monoisotopic (exact) mass is 278 g/mol. The number of hydrogen-bond donors (Lipinski definition) is 1. The van der Waals surface area contributed by atoms with Crippen molar-refractivity contribution >= 4 is 11.6 Å². The van der Waals surface area contributed by atoms with Gasteiger partial charge >= 0.3 is 0 Å². The largest absolute Gasteiger partial charge is 0.313 e. The van der Waals surface area contributed by atoms with Crippen LogP contribution in [0.2, 0.25) is 5.02 Å². The average Bonchev–Trinajstić information content (AvgIpc) is 2.39. The molecule has 0 radical (unpaired) electrons. The van der Waals surface area contributed by atoms with E-state index >= 15 is 0 Å². The Morgan fingerprint density at radius 2 is 2.16 bits per heavy atom. The molecule has 1 atom stereocenters. The van der Waals surface area contributed by atoms with Crippen LogP contribution in [0, 0.1) is 12.7 Å². The average molecular weight is 279 g/mol. The molecular formula is C15H16ClFN2. The summed E-state index contributed by atoms with van der Waals surface area (Å²) in [6.07, 6.45) is 4.14. The maximum Gasteiger partial charge on any atom is 0.127 e. The van der Waals surface area contributed by atoms with Crippen molar-refractivity contribution in [1.82, 2.24) is 10.3 Å². The number of aryl methyl sites for hydroxylation is 1. The summed E-state index contributed by atoms with van der Waals surface area (Å²) in [5.41, 5.74) is 2.87. The van der Waals surface area contributed by atoms with E-state index in [1.807, 2.05) is 26.2 Å². The Morgan fingerprint density at radius 1 is 1.37 bits per heavy atom. The number of aromatic nitrogens is 1. The third-order valence-corrected chi connectivity index (χ3v) is 3.48. The van der Waals surface area contributed by atoms with E-state index in [4.69, 9.17) is 11.6 Å². The normalized spacial score (nSPS) is 12.4. The summed E-state index contributed by atoms with van der Waals surface area (Å²) in [5, 5.41) is 3.63. The van der Waals surface area contributed by atoms with Crippen molar-refractivity contribution in [2.24, 2.45) is 0 Å². The van der Waals surface area contributed by atoms with E-state index in [9.17, 15) is 4.39 Å². The lowest BCUT2D eigenvalue weighted by Crippen LogP contribution is -2.20. The van der Waals surface area contributed by atoms with E-state index in [2.05, 4.69) is 10.3 Å². The van der Waals surface area contributed by atoms with Crippen LogP contribution in [0.5, 0.6) is 0 Å². The summed E-state index contributed by atoms with van der Waals surface area (Å²) in [4.78, 5) is 4.14. The highest BCUT2D eigenvalue weighted by Crippen LogP contribution is 2.23. The Kier molecular flexibility index (Phi) is 4.51. The minimum absolute atomic E-state index is 0.0318. The predicted octanol–water partition coefficient (Wildman–Crippen LogP) is 3.69. The smallest absolute Gasteiger partial charge is 0.127 e. The zero-order chi connectivity index (χ0) is 13.8. The Labute approximate surface area is 117 Å². The summed E-state index contributed by atoms with van der Waals surface area (Å²) in [6, 6.07) is 6.78. The van der Waals surface area contributed by atoms with E-state index in [1.54, 1.807) is 18.3 Å². The van der Waals surface area contributed by atoms with Gasteiger partial charge in [-0.05, 0) is 55.3 Å². The number of nitrogens with zero attached hydrogens (tertiary/aromatic N) is 1. The van der Waals surface area contributed by atoms with Gasteiger partial charge in [-0.2, -0.15) is 0 Å². The van der Waals surface area contributed by atoms with Crippen LogP contribution in [0.4, 0.5) is 4.39 Å². The van der Waals surface area contributed by atoms with E-state index in [1.165, 1.54) is 6.07 Å². The van der Waals surface area contributed by atoms with Crippen LogP contribution in [-0.2, 0) is 6.42 Å². The Bertz CT molecular complexity index is 572. The second-order valence-electron chi connectivity index (χ2n) is 4.51. The molecule has 0 saturated heterocycles. The van der Waals surface area contributed by atoms with Gasteiger partial charge in [0.1, 0.15) is 5.82 Å². The van der Waals surface area contributed by atoms with Gasteiger partial charge in [-0.3, -0.25) is 4.98 Å². The third kappa shape index (κ3) is 3.31. The minimum atomic E-state index is -0.269. The molecule has 0 aliphatic carbocycles. The fraction of sp³-hybridized carbons (Fsp3) is 0.267. The van der Waals surface area contributed by atoms with E-state index in [0.717, 1.165) is 11.1 Å². The molecule has 1 unspecified atom stereocenters. The van der Waals surface area contributed by atoms with Crippen molar-refractivity contribution in [1.29, 1.82) is 0 Å². The molecule has 1 N–H and O–H groups in total. The molecule has 0 saturated carbocycles. The Morgan fingerprint density at radius 3 is 2.79 bits per heavy atom. The number of hydrogen-bond acceptors (Lipinski definition) is 2. The highest BCUT2D eigenvalue weighted by molar-refractivity contribution is 6.30. The van der Waals surface area contributed by atoms with Crippen LogP contribution in [0.1, 0.15) is 22.7 Å². The molecule has 0 bridgehead atoms. The van der Waals surface area contributed by atoms with Crippen LogP contribution in [-0.4, -0.2) is 12.0 Å². The summed E-state index contributed by atoms with van der Waals surface area (Å²) in [5.74, 6) is -0.269. The van der Waals surface area contributed by atoms with Crippen molar-refractivity contribution in [2.45, 2.75) is 19.4 Å². The summed E-state index contributed by atoms with van der Waals surface area (Å²) in [7, 11) is 1.87. The van der Waals surface area contributed by atoms with Gasteiger partial charge < -0.3 is 5.32 Å². The number of nitrogens with one attached hydrogen (secondary N) is 1. The third-order valence-electron chi connectivity index (χ3n) is 3.24. The Balaban J connectivity index is 2.27. The minimum Gasteiger partial charge on any atom is -0.313 e. The van der Waals surface area contributed by atoms with Gasteiger partial charge in [0.05, 0.1) is 0 Å². The quantitative estimate of drug-likeness (QED) is 0.923. The first-order chi connectivity index (χ1) is 9.11. The van der Waals surface area contributed by atoms with Crippen LogP contribution in [0.25, 0.3) is 0 Å². The molecular weight excluding hydrogens is 263 g/mol. The second-order valence-corrected chi connectivity index (χ2v) is 4.95. The van der Waals surface area contributed by atoms with Gasteiger partial charge in [0.25, 0.3) is 0 Å². The molecule has 0 amide bonds. The van der Waals surface area contributed by atoms with Gasteiger partial charge in [-0.1, -0.05) is 17.7 Å². The highest BCUT2D eigenvalue weighted by atomic mass is 35.5. The molecule has 2 nitrogen and oxygen atoms in total. The number of halogens is 2. The zero-order valence-corrected chi connectivity index (χ0v) is 11.7. The van der Waals surface area contributed by atoms with Gasteiger partial charge in [0.15, 0.2) is 0 Å². The topological polar surface area (TPSA) is 24.9 Å². The van der Waals surface area contributed by atoms with Crippen molar-refractivity contribution in [3.05, 3.63) is 64.2 Å². The van der Waals surface area contributed by atoms with Crippen molar-refractivity contribution < 1.29 is 4.39 Å². The first kappa shape index (κ1) is 14.0. The Hall–Kier alpha value is -1.45. The molecule has 19 heavy (non-hydrogen) atoms. The molecule has 0 spiro atoms. The van der Waals surface area contributed by atoms with Crippen molar-refractivity contribution in [2.75, 3.05) is 7.05 Å². The van der Waals surface area contributed by atoms with Crippen LogP contribution >= 0.6 is 11.6 Å². The number of pyridine rings is 1. The molecule has 1 aromatic heterocycles. The maximum atomic E-state index is 13.8. The molecule has 2 aromatic rings. The lowest BCUT2D eigenvalue weighted by atomic mass is 9.97. The predicted molar refractivity (Wildman–Crippen MR) is 75.9 cm³/mol. The zero-order valence-electron chi connectivity index (χ0n) is 11.0. The molecule has 1 heterocycles. The van der Waals surface area contributed by atoms with Crippen molar-refractivity contribution in [3.63, 3.8) is 0 Å². The molecule has 100 valence electrons. The van der Waals surface area contributed by atoms with E-state index < -0.39 is 0 Å². The maximum absolute atomic E-state index is 13.8. The molecule has 4 heteroatoms. The number of rotatable bonds is 4. The SMILES string of the molecule is CNC(Cc1ccc(Cl)cc1F)c1cnccc1C. The number of likely N-dealkylation sites (N-methyl/N-ethyl adjacent to an activating group) is 1. The fourth-order valence-electron chi connectivity index (χ4n) is 2.12. The molecule has 0 fully saturated rings. The van der Waals surface area contributed by atoms with Gasteiger partial charge in [0, 0.05) is 23.5 Å². The molecule has 1 aromatic carbocycles. The summed E-state index contributed by atoms with van der Waals surface area (Å²) in [6.45, 7) is 2.03. The van der Waals surface area contributed by atoms with E-state index in [0.29, 0.717) is 17.0 Å². The van der Waals surface area contributed by atoms with E-state index in [-0.39, 0.29) is 11.9 Å². The lowest BCUT2D eigenvalue weighted by molar-refractivity contribution is 0.551.